The molecule has 4 heteroatoms. The number of Topliss-reactive ketones (excluding diaryl/α,β-unsaturated/α-hetero) is 1. The van der Waals surface area contributed by atoms with E-state index >= 15 is 0 Å². The second-order valence-electron chi connectivity index (χ2n) is 8.63. The standard InChI is InChI=1S/C28H30N2O2/c1-18-8-11-27(26(12-18)16-29)24-13-23(21(4)31)14-25(15-24)28(32)7-5-6-19(2)22-10-9-20(3)30-17-22/h8-15,17,19,21,31H,5-7H2,1-4H3/t19-,21?/m0/s1. The molecule has 0 saturated carbocycles. The van der Waals surface area contributed by atoms with Gasteiger partial charge in [0.15, 0.2) is 5.78 Å². The maximum absolute atomic E-state index is 13.0. The van der Waals surface area contributed by atoms with E-state index in [1.165, 1.54) is 5.56 Å². The summed E-state index contributed by atoms with van der Waals surface area (Å²) in [5, 5.41) is 19.8. The number of hydrogen-bond donors (Lipinski definition) is 1. The summed E-state index contributed by atoms with van der Waals surface area (Å²) in [4.78, 5) is 17.4. The summed E-state index contributed by atoms with van der Waals surface area (Å²) in [6.07, 6.45) is 3.32. The lowest BCUT2D eigenvalue weighted by Gasteiger charge is -2.14. The zero-order valence-corrected chi connectivity index (χ0v) is 19.2. The van der Waals surface area contributed by atoms with Crippen LogP contribution in [0.25, 0.3) is 11.1 Å². The van der Waals surface area contributed by atoms with E-state index in [0.29, 0.717) is 29.0 Å². The molecular formula is C28H30N2O2. The summed E-state index contributed by atoms with van der Waals surface area (Å²) in [6.45, 7) is 7.76. The van der Waals surface area contributed by atoms with Crippen LogP contribution in [0.1, 0.15) is 83.4 Å². The molecule has 3 aromatic rings. The molecule has 4 nitrogen and oxygen atoms in total. The van der Waals surface area contributed by atoms with Gasteiger partial charge < -0.3 is 5.11 Å². The van der Waals surface area contributed by atoms with E-state index in [1.807, 2.05) is 56.4 Å². The number of hydrogen-bond acceptors (Lipinski definition) is 4. The van der Waals surface area contributed by atoms with Crippen molar-refractivity contribution in [2.75, 3.05) is 0 Å². The summed E-state index contributed by atoms with van der Waals surface area (Å²) in [7, 11) is 0. The van der Waals surface area contributed by atoms with Crippen molar-refractivity contribution in [2.24, 2.45) is 0 Å². The second kappa shape index (κ2) is 10.3. The number of aryl methyl sites for hydroxylation is 2. The molecule has 0 spiro atoms. The van der Waals surface area contributed by atoms with Gasteiger partial charge in [-0.3, -0.25) is 9.78 Å². The predicted octanol–water partition coefficient (Wildman–Crippen LogP) is 6.45. The van der Waals surface area contributed by atoms with Crippen LogP contribution in [0.2, 0.25) is 0 Å². The Bertz CT molecular complexity index is 1140. The van der Waals surface area contributed by atoms with Crippen LogP contribution in [-0.4, -0.2) is 15.9 Å². The Morgan fingerprint density at radius 2 is 1.84 bits per heavy atom. The maximum atomic E-state index is 13.0. The number of aliphatic hydroxyl groups is 1. The minimum atomic E-state index is -0.702. The molecule has 0 bridgehead atoms. The average Bonchev–Trinajstić information content (AvgIpc) is 2.78. The fourth-order valence-corrected chi connectivity index (χ4v) is 3.86. The summed E-state index contributed by atoms with van der Waals surface area (Å²) >= 11 is 0. The van der Waals surface area contributed by atoms with Crippen LogP contribution in [0.15, 0.2) is 54.7 Å². The number of aliphatic hydroxyl groups excluding tert-OH is 1. The van der Waals surface area contributed by atoms with E-state index in [4.69, 9.17) is 0 Å². The highest BCUT2D eigenvalue weighted by molar-refractivity contribution is 5.97. The van der Waals surface area contributed by atoms with E-state index < -0.39 is 6.10 Å². The molecule has 2 aromatic carbocycles. The lowest BCUT2D eigenvalue weighted by atomic mass is 9.91. The molecule has 1 N–H and O–H groups in total. The maximum Gasteiger partial charge on any atom is 0.162 e. The number of nitriles is 1. The lowest BCUT2D eigenvalue weighted by molar-refractivity contribution is 0.0978. The molecular weight excluding hydrogens is 396 g/mol. The molecule has 0 aliphatic heterocycles. The highest BCUT2D eigenvalue weighted by Gasteiger charge is 2.15. The highest BCUT2D eigenvalue weighted by Crippen LogP contribution is 2.30. The number of ketones is 1. The molecule has 32 heavy (non-hydrogen) atoms. The highest BCUT2D eigenvalue weighted by atomic mass is 16.3. The van der Waals surface area contributed by atoms with Crippen molar-refractivity contribution in [3.05, 3.63) is 88.2 Å². The molecule has 0 aliphatic carbocycles. The number of pyridine rings is 1. The quantitative estimate of drug-likeness (QED) is 0.420. The summed E-state index contributed by atoms with van der Waals surface area (Å²) in [6, 6.07) is 17.5. The topological polar surface area (TPSA) is 74.0 Å². The zero-order chi connectivity index (χ0) is 23.3. The van der Waals surface area contributed by atoms with E-state index in [1.54, 1.807) is 13.0 Å². The van der Waals surface area contributed by atoms with Crippen LogP contribution in [0.3, 0.4) is 0 Å². The number of aromatic nitrogens is 1. The summed E-state index contributed by atoms with van der Waals surface area (Å²) in [5.41, 5.74) is 6.56. The Balaban J connectivity index is 1.79. The largest absolute Gasteiger partial charge is 0.389 e. The Labute approximate surface area is 190 Å². The SMILES string of the molecule is Cc1ccc(-c2cc(C(=O)CCC[C@H](C)c3ccc(C)nc3)cc(C(C)O)c2)c(C#N)c1. The third-order valence-electron chi connectivity index (χ3n) is 5.91. The van der Waals surface area contributed by atoms with Crippen LogP contribution >= 0.6 is 0 Å². The first-order valence-electron chi connectivity index (χ1n) is 11.1. The molecule has 164 valence electrons. The Kier molecular flexibility index (Phi) is 7.56. The van der Waals surface area contributed by atoms with Gasteiger partial charge in [0.25, 0.3) is 0 Å². The molecule has 1 unspecified atom stereocenters. The minimum absolute atomic E-state index is 0.0496. The molecule has 1 aromatic heterocycles. The van der Waals surface area contributed by atoms with Gasteiger partial charge in [-0.1, -0.05) is 25.1 Å². The van der Waals surface area contributed by atoms with Gasteiger partial charge in [0.2, 0.25) is 0 Å². The van der Waals surface area contributed by atoms with Crippen molar-refractivity contribution in [3.63, 3.8) is 0 Å². The van der Waals surface area contributed by atoms with Crippen molar-refractivity contribution < 1.29 is 9.90 Å². The molecule has 1 heterocycles. The fourth-order valence-electron chi connectivity index (χ4n) is 3.86. The van der Waals surface area contributed by atoms with Crippen molar-refractivity contribution in [1.82, 2.24) is 4.98 Å². The molecule has 3 rings (SSSR count). The van der Waals surface area contributed by atoms with Crippen molar-refractivity contribution in [2.45, 2.75) is 59.0 Å². The average molecular weight is 427 g/mol. The van der Waals surface area contributed by atoms with Crippen LogP contribution in [-0.2, 0) is 0 Å². The van der Waals surface area contributed by atoms with E-state index in [0.717, 1.165) is 35.2 Å². The van der Waals surface area contributed by atoms with Gasteiger partial charge in [0, 0.05) is 23.9 Å². The van der Waals surface area contributed by atoms with Gasteiger partial charge in [-0.15, -0.1) is 0 Å². The van der Waals surface area contributed by atoms with Crippen molar-refractivity contribution in [1.29, 1.82) is 5.26 Å². The van der Waals surface area contributed by atoms with Gasteiger partial charge >= 0.3 is 0 Å². The monoisotopic (exact) mass is 426 g/mol. The third kappa shape index (κ3) is 5.69. The van der Waals surface area contributed by atoms with Crippen LogP contribution in [0.5, 0.6) is 0 Å². The number of nitrogens with zero attached hydrogens (tertiary/aromatic N) is 2. The Morgan fingerprint density at radius 1 is 1.06 bits per heavy atom. The van der Waals surface area contributed by atoms with Crippen LogP contribution < -0.4 is 0 Å². The van der Waals surface area contributed by atoms with Crippen LogP contribution in [0.4, 0.5) is 0 Å². The van der Waals surface area contributed by atoms with Gasteiger partial charge in [-0.05, 0) is 97.7 Å². The molecule has 0 aliphatic rings. The van der Waals surface area contributed by atoms with E-state index in [9.17, 15) is 15.2 Å². The summed E-state index contributed by atoms with van der Waals surface area (Å²) in [5.74, 6) is 0.384. The number of rotatable bonds is 8. The minimum Gasteiger partial charge on any atom is -0.389 e. The molecule has 0 fully saturated rings. The number of carbonyl (C=O) groups excluding carboxylic acids is 1. The summed E-state index contributed by atoms with van der Waals surface area (Å²) < 4.78 is 0. The molecule has 2 atom stereocenters. The molecule has 0 radical (unpaired) electrons. The first-order valence-corrected chi connectivity index (χ1v) is 11.1. The van der Waals surface area contributed by atoms with E-state index in [-0.39, 0.29) is 5.78 Å². The Hall–Kier alpha value is -3.29. The number of carbonyl (C=O) groups is 1. The van der Waals surface area contributed by atoms with Crippen LogP contribution in [0, 0.1) is 25.2 Å². The molecule has 0 saturated heterocycles. The molecule has 0 amide bonds. The normalized spacial score (nSPS) is 12.8. The fraction of sp³-hybridized carbons (Fsp3) is 0.321. The van der Waals surface area contributed by atoms with Crippen molar-refractivity contribution in [3.8, 4) is 17.2 Å². The predicted molar refractivity (Wildman–Crippen MR) is 128 cm³/mol. The van der Waals surface area contributed by atoms with E-state index in [2.05, 4.69) is 24.0 Å². The number of benzene rings is 2. The second-order valence-corrected chi connectivity index (χ2v) is 8.63. The van der Waals surface area contributed by atoms with Gasteiger partial charge in [0.1, 0.15) is 0 Å². The van der Waals surface area contributed by atoms with Crippen molar-refractivity contribution >= 4 is 5.78 Å². The van der Waals surface area contributed by atoms with Gasteiger partial charge in [0.05, 0.1) is 17.7 Å². The third-order valence-corrected chi connectivity index (χ3v) is 5.91. The van der Waals surface area contributed by atoms with Gasteiger partial charge in [-0.2, -0.15) is 5.26 Å². The first kappa shape index (κ1) is 23.4. The first-order chi connectivity index (χ1) is 15.3. The lowest BCUT2D eigenvalue weighted by Crippen LogP contribution is -2.04. The Morgan fingerprint density at radius 3 is 2.50 bits per heavy atom. The smallest absolute Gasteiger partial charge is 0.162 e. The zero-order valence-electron chi connectivity index (χ0n) is 19.2. The van der Waals surface area contributed by atoms with Gasteiger partial charge in [-0.25, -0.2) is 0 Å².